The highest BCUT2D eigenvalue weighted by molar-refractivity contribution is 5.85. The van der Waals surface area contributed by atoms with Gasteiger partial charge in [-0.1, -0.05) is 17.7 Å². The SMILES string of the molecule is Cc1ccc(OC(C)C(=O)N2CCN(C(=O)C3CCCN3)CC2)c(C)c1.Cl. The smallest absolute Gasteiger partial charge is 0.263 e. The summed E-state index contributed by atoms with van der Waals surface area (Å²) < 4.78 is 5.89. The van der Waals surface area contributed by atoms with Crippen molar-refractivity contribution in [2.45, 2.75) is 45.8 Å². The maximum absolute atomic E-state index is 12.7. The van der Waals surface area contributed by atoms with Gasteiger partial charge in [-0.2, -0.15) is 0 Å². The Bertz CT molecular complexity index is 668. The molecule has 0 aliphatic carbocycles. The van der Waals surface area contributed by atoms with Crippen LogP contribution >= 0.6 is 12.4 Å². The minimum absolute atomic E-state index is 0. The highest BCUT2D eigenvalue weighted by Crippen LogP contribution is 2.21. The zero-order valence-corrected chi connectivity index (χ0v) is 17.2. The molecule has 0 spiro atoms. The first-order chi connectivity index (χ1) is 12.5. The number of ether oxygens (including phenoxy) is 1. The molecule has 2 unspecified atom stereocenters. The monoisotopic (exact) mass is 395 g/mol. The first kappa shape index (κ1) is 21.5. The summed E-state index contributed by atoms with van der Waals surface area (Å²) in [7, 11) is 0. The van der Waals surface area contributed by atoms with E-state index in [2.05, 4.69) is 5.32 Å². The van der Waals surface area contributed by atoms with Crippen LogP contribution in [0, 0.1) is 13.8 Å². The lowest BCUT2D eigenvalue weighted by Gasteiger charge is -2.37. The number of halogens is 1. The number of carbonyl (C=O) groups excluding carboxylic acids is 2. The second kappa shape index (κ2) is 9.42. The molecule has 0 radical (unpaired) electrons. The second-order valence-electron chi connectivity index (χ2n) is 7.33. The Hall–Kier alpha value is -1.79. The average molecular weight is 396 g/mol. The van der Waals surface area contributed by atoms with Crippen molar-refractivity contribution >= 4 is 24.2 Å². The van der Waals surface area contributed by atoms with Crippen LogP contribution in [-0.4, -0.2) is 66.5 Å². The topological polar surface area (TPSA) is 61.9 Å². The van der Waals surface area contributed by atoms with Crippen LogP contribution < -0.4 is 10.1 Å². The lowest BCUT2D eigenvalue weighted by atomic mass is 10.1. The van der Waals surface area contributed by atoms with Gasteiger partial charge in [0.05, 0.1) is 6.04 Å². The Morgan fingerprint density at radius 2 is 1.81 bits per heavy atom. The van der Waals surface area contributed by atoms with E-state index in [4.69, 9.17) is 4.74 Å². The van der Waals surface area contributed by atoms with E-state index in [0.29, 0.717) is 26.2 Å². The first-order valence-electron chi connectivity index (χ1n) is 9.50. The highest BCUT2D eigenvalue weighted by Gasteiger charge is 2.31. The van der Waals surface area contributed by atoms with E-state index in [1.807, 2.05) is 36.9 Å². The number of nitrogens with one attached hydrogen (secondary N) is 1. The zero-order chi connectivity index (χ0) is 18.7. The molecule has 2 saturated heterocycles. The standard InChI is InChI=1S/C20H29N3O3.ClH/c1-14-6-7-18(15(2)13-14)26-16(3)19(24)22-9-11-23(12-10-22)20(25)17-5-4-8-21-17;/h6-7,13,16-17,21H,4-5,8-12H2,1-3H3;1H. The normalized spacial score (nSPS) is 20.8. The third-order valence-corrected chi connectivity index (χ3v) is 5.24. The first-order valence-corrected chi connectivity index (χ1v) is 9.50. The maximum Gasteiger partial charge on any atom is 0.263 e. The van der Waals surface area contributed by atoms with E-state index in [1.165, 1.54) is 5.56 Å². The largest absolute Gasteiger partial charge is 0.481 e. The lowest BCUT2D eigenvalue weighted by molar-refractivity contribution is -0.144. The van der Waals surface area contributed by atoms with Crippen molar-refractivity contribution in [2.75, 3.05) is 32.7 Å². The van der Waals surface area contributed by atoms with Gasteiger partial charge in [0, 0.05) is 26.2 Å². The van der Waals surface area contributed by atoms with Gasteiger partial charge in [0.1, 0.15) is 5.75 Å². The van der Waals surface area contributed by atoms with Gasteiger partial charge in [-0.05, 0) is 51.8 Å². The molecule has 0 aromatic heterocycles. The van der Waals surface area contributed by atoms with Crippen molar-refractivity contribution in [3.8, 4) is 5.75 Å². The van der Waals surface area contributed by atoms with Gasteiger partial charge in [-0.3, -0.25) is 9.59 Å². The molecule has 2 aliphatic heterocycles. The molecule has 2 atom stereocenters. The Labute approximate surface area is 167 Å². The van der Waals surface area contributed by atoms with Crippen LogP contribution in [0.4, 0.5) is 0 Å². The fraction of sp³-hybridized carbons (Fsp3) is 0.600. The van der Waals surface area contributed by atoms with Gasteiger partial charge in [0.25, 0.3) is 5.91 Å². The van der Waals surface area contributed by atoms with E-state index in [-0.39, 0.29) is 30.3 Å². The number of benzene rings is 1. The van der Waals surface area contributed by atoms with Gasteiger partial charge in [-0.25, -0.2) is 0 Å². The minimum atomic E-state index is -0.532. The average Bonchev–Trinajstić information content (AvgIpc) is 3.17. The quantitative estimate of drug-likeness (QED) is 0.846. The van der Waals surface area contributed by atoms with Crippen LogP contribution in [-0.2, 0) is 9.59 Å². The van der Waals surface area contributed by atoms with E-state index < -0.39 is 6.10 Å². The summed E-state index contributed by atoms with van der Waals surface area (Å²) in [6.07, 6.45) is 1.44. The van der Waals surface area contributed by atoms with E-state index in [9.17, 15) is 9.59 Å². The number of nitrogens with zero attached hydrogens (tertiary/aromatic N) is 2. The van der Waals surface area contributed by atoms with Crippen molar-refractivity contribution in [1.82, 2.24) is 15.1 Å². The van der Waals surface area contributed by atoms with Gasteiger partial charge < -0.3 is 19.9 Å². The summed E-state index contributed by atoms with van der Waals surface area (Å²) in [5.41, 5.74) is 2.20. The molecule has 6 nitrogen and oxygen atoms in total. The third-order valence-electron chi connectivity index (χ3n) is 5.24. The maximum atomic E-state index is 12.7. The lowest BCUT2D eigenvalue weighted by Crippen LogP contribution is -2.55. The van der Waals surface area contributed by atoms with Crippen molar-refractivity contribution in [3.63, 3.8) is 0 Å². The van der Waals surface area contributed by atoms with Gasteiger partial charge >= 0.3 is 0 Å². The highest BCUT2D eigenvalue weighted by atomic mass is 35.5. The second-order valence-corrected chi connectivity index (χ2v) is 7.33. The van der Waals surface area contributed by atoms with Gasteiger partial charge in [-0.15, -0.1) is 12.4 Å². The number of hydrogen-bond acceptors (Lipinski definition) is 4. The molecular weight excluding hydrogens is 366 g/mol. The van der Waals surface area contributed by atoms with Gasteiger partial charge in [0.2, 0.25) is 5.91 Å². The van der Waals surface area contributed by atoms with Crippen LogP contribution in [0.5, 0.6) is 5.75 Å². The molecule has 0 saturated carbocycles. The summed E-state index contributed by atoms with van der Waals surface area (Å²) in [4.78, 5) is 28.8. The number of aryl methyl sites for hydroxylation is 2. The van der Waals surface area contributed by atoms with E-state index in [0.717, 1.165) is 30.7 Å². The number of piperazine rings is 1. The molecule has 1 N–H and O–H groups in total. The van der Waals surface area contributed by atoms with Crippen molar-refractivity contribution < 1.29 is 14.3 Å². The molecule has 27 heavy (non-hydrogen) atoms. The summed E-state index contributed by atoms with van der Waals surface area (Å²) in [6, 6.07) is 5.92. The molecule has 2 amide bonds. The van der Waals surface area contributed by atoms with Crippen LogP contribution in [0.25, 0.3) is 0 Å². The number of hydrogen-bond donors (Lipinski definition) is 1. The number of carbonyl (C=O) groups is 2. The molecule has 2 heterocycles. The van der Waals surface area contributed by atoms with Crippen LogP contribution in [0.3, 0.4) is 0 Å². The predicted octanol–water partition coefficient (Wildman–Crippen LogP) is 1.92. The molecule has 2 aliphatic rings. The molecular formula is C20H30ClN3O3. The van der Waals surface area contributed by atoms with Crippen molar-refractivity contribution in [2.24, 2.45) is 0 Å². The zero-order valence-electron chi connectivity index (χ0n) is 16.4. The molecule has 1 aromatic rings. The molecule has 2 fully saturated rings. The predicted molar refractivity (Wildman–Crippen MR) is 107 cm³/mol. The fourth-order valence-electron chi connectivity index (χ4n) is 3.69. The summed E-state index contributed by atoms with van der Waals surface area (Å²) in [5.74, 6) is 0.905. The van der Waals surface area contributed by atoms with Gasteiger partial charge in [0.15, 0.2) is 6.10 Å². The Kier molecular flexibility index (Phi) is 7.50. The molecule has 150 valence electrons. The molecule has 3 rings (SSSR count). The van der Waals surface area contributed by atoms with E-state index >= 15 is 0 Å². The molecule has 7 heteroatoms. The minimum Gasteiger partial charge on any atom is -0.481 e. The van der Waals surface area contributed by atoms with Crippen molar-refractivity contribution in [3.05, 3.63) is 29.3 Å². The summed E-state index contributed by atoms with van der Waals surface area (Å²) >= 11 is 0. The van der Waals surface area contributed by atoms with Crippen LogP contribution in [0.2, 0.25) is 0 Å². The number of rotatable bonds is 4. The third kappa shape index (κ3) is 5.14. The Morgan fingerprint density at radius 1 is 1.15 bits per heavy atom. The van der Waals surface area contributed by atoms with Crippen molar-refractivity contribution in [1.29, 1.82) is 0 Å². The summed E-state index contributed by atoms with van der Waals surface area (Å²) in [5, 5.41) is 3.25. The summed E-state index contributed by atoms with van der Waals surface area (Å²) in [6.45, 7) is 9.06. The number of amides is 2. The molecule has 0 bridgehead atoms. The van der Waals surface area contributed by atoms with E-state index in [1.54, 1.807) is 11.8 Å². The Morgan fingerprint density at radius 3 is 2.41 bits per heavy atom. The van der Waals surface area contributed by atoms with Crippen LogP contribution in [0.1, 0.15) is 30.9 Å². The fourth-order valence-corrected chi connectivity index (χ4v) is 3.69. The van der Waals surface area contributed by atoms with Crippen LogP contribution in [0.15, 0.2) is 18.2 Å². The molecule has 1 aromatic carbocycles. The Balaban J connectivity index is 0.00000261.